The Morgan fingerprint density at radius 2 is 2.00 bits per heavy atom. The van der Waals surface area contributed by atoms with E-state index < -0.39 is 5.60 Å². The van der Waals surface area contributed by atoms with Gasteiger partial charge in [0.05, 0.1) is 7.11 Å². The fourth-order valence-electron chi connectivity index (χ4n) is 1.54. The molecule has 2 N–H and O–H groups in total. The molecule has 0 saturated carbocycles. The molecule has 84 valence electrons. The zero-order valence-electron chi connectivity index (χ0n) is 9.83. The maximum atomic E-state index is 5.74. The zero-order valence-corrected chi connectivity index (χ0v) is 9.83. The van der Waals surface area contributed by atoms with E-state index in [0.717, 1.165) is 11.3 Å². The van der Waals surface area contributed by atoms with Crippen molar-refractivity contribution in [1.29, 1.82) is 0 Å². The fraction of sp³-hybridized carbons (Fsp3) is 0.500. The van der Waals surface area contributed by atoms with Crippen molar-refractivity contribution in [2.75, 3.05) is 20.8 Å². The Morgan fingerprint density at radius 1 is 1.33 bits per heavy atom. The van der Waals surface area contributed by atoms with Crippen LogP contribution in [0.4, 0.5) is 0 Å². The van der Waals surface area contributed by atoms with Gasteiger partial charge in [-0.05, 0) is 26.0 Å². The highest BCUT2D eigenvalue weighted by atomic mass is 16.5. The van der Waals surface area contributed by atoms with Crippen LogP contribution in [-0.4, -0.2) is 20.8 Å². The third-order valence-corrected chi connectivity index (χ3v) is 2.76. The quantitative estimate of drug-likeness (QED) is 0.822. The van der Waals surface area contributed by atoms with Gasteiger partial charge in [0.15, 0.2) is 0 Å². The summed E-state index contributed by atoms with van der Waals surface area (Å²) < 4.78 is 10.8. The topological polar surface area (TPSA) is 44.5 Å². The maximum Gasteiger partial charge on any atom is 0.125 e. The van der Waals surface area contributed by atoms with Crippen molar-refractivity contribution in [1.82, 2.24) is 0 Å². The van der Waals surface area contributed by atoms with E-state index in [0.29, 0.717) is 6.54 Å². The summed E-state index contributed by atoms with van der Waals surface area (Å²) in [6.45, 7) is 4.42. The average Bonchev–Trinajstić information content (AvgIpc) is 2.28. The van der Waals surface area contributed by atoms with Gasteiger partial charge in [-0.15, -0.1) is 0 Å². The first-order valence-corrected chi connectivity index (χ1v) is 4.97. The molecule has 0 fully saturated rings. The molecule has 0 amide bonds. The number of nitrogens with two attached hydrogens (primary N) is 1. The molecule has 0 bridgehead atoms. The van der Waals surface area contributed by atoms with Gasteiger partial charge in [-0.1, -0.05) is 11.6 Å². The Bertz CT molecular complexity index is 332. The van der Waals surface area contributed by atoms with E-state index in [2.05, 4.69) is 6.07 Å². The number of hydrogen-bond donors (Lipinski definition) is 1. The molecule has 1 aromatic carbocycles. The Kier molecular flexibility index (Phi) is 3.72. The van der Waals surface area contributed by atoms with Crippen molar-refractivity contribution < 1.29 is 9.47 Å². The van der Waals surface area contributed by atoms with Crippen LogP contribution >= 0.6 is 0 Å². The number of aryl methyl sites for hydroxylation is 1. The van der Waals surface area contributed by atoms with Crippen LogP contribution in [0.15, 0.2) is 18.2 Å². The van der Waals surface area contributed by atoms with Crippen LogP contribution < -0.4 is 10.5 Å². The first-order valence-electron chi connectivity index (χ1n) is 4.97. The standard InChI is InChI=1S/C12H19NO2/c1-9-5-6-11(14-3)10(7-9)12(2,8-13)15-4/h5-7H,8,13H2,1-4H3. The van der Waals surface area contributed by atoms with Gasteiger partial charge in [-0.25, -0.2) is 0 Å². The lowest BCUT2D eigenvalue weighted by atomic mass is 9.93. The Labute approximate surface area is 91.2 Å². The van der Waals surface area contributed by atoms with Crippen LogP contribution in [0.3, 0.4) is 0 Å². The fourth-order valence-corrected chi connectivity index (χ4v) is 1.54. The van der Waals surface area contributed by atoms with Crippen LogP contribution in [0.5, 0.6) is 5.75 Å². The second-order valence-corrected chi connectivity index (χ2v) is 3.84. The lowest BCUT2D eigenvalue weighted by molar-refractivity contribution is 0.00818. The molecule has 0 heterocycles. The highest BCUT2D eigenvalue weighted by molar-refractivity contribution is 5.41. The normalized spacial score (nSPS) is 14.7. The second-order valence-electron chi connectivity index (χ2n) is 3.84. The average molecular weight is 209 g/mol. The molecule has 0 radical (unpaired) electrons. The number of rotatable bonds is 4. The minimum absolute atomic E-state index is 0.420. The first kappa shape index (κ1) is 12.0. The molecule has 1 rings (SSSR count). The van der Waals surface area contributed by atoms with E-state index in [1.807, 2.05) is 26.0 Å². The predicted octanol–water partition coefficient (Wildman–Crippen LogP) is 1.82. The number of methoxy groups -OCH3 is 2. The third kappa shape index (κ3) is 2.30. The van der Waals surface area contributed by atoms with Gasteiger partial charge < -0.3 is 15.2 Å². The number of hydrogen-bond acceptors (Lipinski definition) is 3. The Balaban J connectivity index is 3.26. The SMILES string of the molecule is COc1ccc(C)cc1C(C)(CN)OC. The van der Waals surface area contributed by atoms with Crippen LogP contribution in [0.2, 0.25) is 0 Å². The molecule has 0 aliphatic heterocycles. The lowest BCUT2D eigenvalue weighted by Crippen LogP contribution is -2.34. The summed E-state index contributed by atoms with van der Waals surface area (Å²) in [6.07, 6.45) is 0. The molecule has 1 atom stereocenters. The largest absolute Gasteiger partial charge is 0.496 e. The van der Waals surface area contributed by atoms with Gasteiger partial charge in [0.1, 0.15) is 11.4 Å². The van der Waals surface area contributed by atoms with Crippen molar-refractivity contribution in [2.24, 2.45) is 5.73 Å². The molecule has 0 aromatic heterocycles. The highest BCUT2D eigenvalue weighted by Gasteiger charge is 2.27. The first-order chi connectivity index (χ1) is 7.07. The summed E-state index contributed by atoms with van der Waals surface area (Å²) in [5.74, 6) is 0.815. The highest BCUT2D eigenvalue weighted by Crippen LogP contribution is 2.32. The molecule has 1 unspecified atom stereocenters. The van der Waals surface area contributed by atoms with Crippen molar-refractivity contribution in [3.05, 3.63) is 29.3 Å². The molecule has 15 heavy (non-hydrogen) atoms. The van der Waals surface area contributed by atoms with Gasteiger partial charge in [0.25, 0.3) is 0 Å². The van der Waals surface area contributed by atoms with Crippen molar-refractivity contribution in [2.45, 2.75) is 19.4 Å². The summed E-state index contributed by atoms with van der Waals surface area (Å²) in [5, 5.41) is 0. The molecular weight excluding hydrogens is 190 g/mol. The smallest absolute Gasteiger partial charge is 0.125 e. The predicted molar refractivity (Wildman–Crippen MR) is 61.1 cm³/mol. The van der Waals surface area contributed by atoms with Gasteiger partial charge >= 0.3 is 0 Å². The van der Waals surface area contributed by atoms with E-state index in [1.54, 1.807) is 14.2 Å². The summed E-state index contributed by atoms with van der Waals surface area (Å²) in [6, 6.07) is 6.00. The van der Waals surface area contributed by atoms with Gasteiger partial charge in [-0.3, -0.25) is 0 Å². The summed E-state index contributed by atoms with van der Waals surface area (Å²) >= 11 is 0. The van der Waals surface area contributed by atoms with Crippen LogP contribution in [0.1, 0.15) is 18.1 Å². The monoisotopic (exact) mass is 209 g/mol. The van der Waals surface area contributed by atoms with Crippen molar-refractivity contribution >= 4 is 0 Å². The summed E-state index contributed by atoms with van der Waals surface area (Å²) in [7, 11) is 3.31. The van der Waals surface area contributed by atoms with Crippen LogP contribution in [0, 0.1) is 6.92 Å². The number of ether oxygens (including phenoxy) is 2. The molecule has 0 aliphatic rings. The zero-order chi connectivity index (χ0) is 11.5. The van der Waals surface area contributed by atoms with Crippen LogP contribution in [0.25, 0.3) is 0 Å². The van der Waals surface area contributed by atoms with Crippen molar-refractivity contribution in [3.8, 4) is 5.75 Å². The minimum Gasteiger partial charge on any atom is -0.496 e. The lowest BCUT2D eigenvalue weighted by Gasteiger charge is -2.28. The molecule has 0 saturated heterocycles. The minimum atomic E-state index is -0.489. The van der Waals surface area contributed by atoms with E-state index in [4.69, 9.17) is 15.2 Å². The molecule has 0 aliphatic carbocycles. The second kappa shape index (κ2) is 4.64. The van der Waals surface area contributed by atoms with Gasteiger partial charge in [-0.2, -0.15) is 0 Å². The van der Waals surface area contributed by atoms with Crippen LogP contribution in [-0.2, 0) is 10.3 Å². The molecule has 0 spiro atoms. The van der Waals surface area contributed by atoms with E-state index in [-0.39, 0.29) is 0 Å². The summed E-state index contributed by atoms with van der Waals surface area (Å²) in [5.41, 5.74) is 7.42. The maximum absolute atomic E-state index is 5.74. The molecule has 3 nitrogen and oxygen atoms in total. The van der Waals surface area contributed by atoms with Gasteiger partial charge in [0, 0.05) is 19.2 Å². The number of benzene rings is 1. The third-order valence-electron chi connectivity index (χ3n) is 2.76. The van der Waals surface area contributed by atoms with E-state index in [9.17, 15) is 0 Å². The molecule has 3 heteroatoms. The Morgan fingerprint density at radius 3 is 2.47 bits per heavy atom. The molecule has 1 aromatic rings. The Hall–Kier alpha value is -1.06. The van der Waals surface area contributed by atoms with Crippen molar-refractivity contribution in [3.63, 3.8) is 0 Å². The molecular formula is C12H19NO2. The summed E-state index contributed by atoms with van der Waals surface area (Å²) in [4.78, 5) is 0. The van der Waals surface area contributed by atoms with E-state index >= 15 is 0 Å². The van der Waals surface area contributed by atoms with Gasteiger partial charge in [0.2, 0.25) is 0 Å². The van der Waals surface area contributed by atoms with E-state index in [1.165, 1.54) is 5.56 Å².